The predicted molar refractivity (Wildman–Crippen MR) is 38.1 cm³/mol. The second-order valence-electron chi connectivity index (χ2n) is 1.92. The molecule has 3 N–H and O–H groups in total. The Labute approximate surface area is 71.5 Å². The van der Waals surface area contributed by atoms with Crippen molar-refractivity contribution in [2.75, 3.05) is 0 Å². The van der Waals surface area contributed by atoms with Crippen molar-refractivity contribution in [2.45, 2.75) is 0 Å². The minimum atomic E-state index is -1.50. The summed E-state index contributed by atoms with van der Waals surface area (Å²) in [6, 6.07) is 2.46. The normalized spacial score (nSPS) is 9.23. The summed E-state index contributed by atoms with van der Waals surface area (Å²) in [4.78, 5) is 22.3. The van der Waals surface area contributed by atoms with Crippen molar-refractivity contribution in [3.63, 3.8) is 0 Å². The molecule has 0 radical (unpaired) electrons. The van der Waals surface area contributed by atoms with Gasteiger partial charge >= 0.3 is 12.3 Å². The molecule has 0 aliphatic heterocycles. The lowest BCUT2D eigenvalue weighted by Crippen LogP contribution is -2.04. The monoisotopic (exact) mass is 187 g/mol. The van der Waals surface area contributed by atoms with E-state index >= 15 is 0 Å². The highest BCUT2D eigenvalue weighted by atomic mass is 16.7. The summed E-state index contributed by atoms with van der Waals surface area (Å²) in [5.41, 5.74) is 0. The van der Waals surface area contributed by atoms with Crippen LogP contribution in [0.4, 0.5) is 9.59 Å². The molecule has 7 nitrogen and oxygen atoms in total. The molecule has 0 atom stereocenters. The highest BCUT2D eigenvalue weighted by Crippen LogP contribution is 2.16. The van der Waals surface area contributed by atoms with E-state index in [0.717, 1.165) is 0 Å². The van der Waals surface area contributed by atoms with Crippen LogP contribution in [0.2, 0.25) is 0 Å². The lowest BCUT2D eigenvalue weighted by molar-refractivity contribution is 0.140. The van der Waals surface area contributed by atoms with Crippen LogP contribution >= 0.6 is 0 Å². The highest BCUT2D eigenvalue weighted by Gasteiger charge is 2.06. The zero-order chi connectivity index (χ0) is 9.84. The number of aromatic nitrogens is 1. The summed E-state index contributed by atoms with van der Waals surface area (Å²) in [7, 11) is 0. The molecule has 1 aromatic rings. The summed E-state index contributed by atoms with van der Waals surface area (Å²) in [5.74, 6) is -0.215. The first kappa shape index (κ1) is 8.91. The van der Waals surface area contributed by atoms with Crippen molar-refractivity contribution < 1.29 is 29.3 Å². The van der Waals surface area contributed by atoms with Crippen molar-refractivity contribution >= 4 is 12.3 Å². The molecular formula is C6H5NO6. The molecule has 1 rings (SSSR count). The first-order valence-electron chi connectivity index (χ1n) is 3.08. The van der Waals surface area contributed by atoms with Crippen LogP contribution in [0, 0.1) is 0 Å². The molecule has 0 aliphatic rings. The third kappa shape index (κ3) is 2.73. The lowest BCUT2D eigenvalue weighted by Gasteiger charge is -1.95. The van der Waals surface area contributed by atoms with Gasteiger partial charge in [0, 0.05) is 12.1 Å². The number of hydrogen-bond donors (Lipinski definition) is 3. The van der Waals surface area contributed by atoms with Crippen molar-refractivity contribution in [2.24, 2.45) is 0 Å². The van der Waals surface area contributed by atoms with Gasteiger partial charge in [0.1, 0.15) is 0 Å². The maximum Gasteiger partial charge on any atom is 0.512 e. The van der Waals surface area contributed by atoms with Crippen molar-refractivity contribution in [1.29, 1.82) is 0 Å². The number of carbonyl (C=O) groups is 2. The lowest BCUT2D eigenvalue weighted by atomic mass is 10.6. The molecule has 0 amide bonds. The summed E-state index contributed by atoms with van der Waals surface area (Å²) in [6.45, 7) is 0. The fourth-order valence-corrected chi connectivity index (χ4v) is 0.663. The first-order valence-corrected chi connectivity index (χ1v) is 3.08. The van der Waals surface area contributed by atoms with Crippen molar-refractivity contribution in [1.82, 2.24) is 4.98 Å². The largest absolute Gasteiger partial charge is 0.512 e. The first-order chi connectivity index (χ1) is 6.08. The van der Waals surface area contributed by atoms with Gasteiger partial charge in [0.05, 0.1) is 0 Å². The molecule has 0 saturated heterocycles. The van der Waals surface area contributed by atoms with Gasteiger partial charge < -0.3 is 19.7 Å². The number of carboxylic acid groups (broad SMARTS) is 2. The zero-order valence-electron chi connectivity index (χ0n) is 6.18. The maximum absolute atomic E-state index is 10.0. The van der Waals surface area contributed by atoms with Gasteiger partial charge in [-0.15, -0.1) is 0 Å². The van der Waals surface area contributed by atoms with E-state index in [0.29, 0.717) is 0 Å². The number of hydrogen-bond acceptors (Lipinski definition) is 4. The van der Waals surface area contributed by atoms with E-state index in [4.69, 9.17) is 10.2 Å². The highest BCUT2D eigenvalue weighted by molar-refractivity contribution is 5.62. The van der Waals surface area contributed by atoms with Crippen LogP contribution in [0.3, 0.4) is 0 Å². The predicted octanol–water partition coefficient (Wildman–Crippen LogP) is 1.13. The standard InChI is InChI=1S/C6H5NO6/c8-5(9)12-3-1-2-4(7-3)13-6(10)11/h1-2,7H,(H,8,9)(H,10,11). The summed E-state index contributed by atoms with van der Waals surface area (Å²) in [5, 5.41) is 16.3. The molecule has 7 heteroatoms. The molecule has 1 aromatic heterocycles. The molecule has 0 spiro atoms. The smallest absolute Gasteiger partial charge is 0.449 e. The Hall–Kier alpha value is -2.18. The molecule has 0 fully saturated rings. The Morgan fingerprint density at radius 3 is 1.77 bits per heavy atom. The molecule has 0 bridgehead atoms. The Morgan fingerprint density at radius 2 is 1.46 bits per heavy atom. The summed E-state index contributed by atoms with van der Waals surface area (Å²) < 4.78 is 8.33. The summed E-state index contributed by atoms with van der Waals surface area (Å²) in [6.07, 6.45) is -2.99. The second kappa shape index (κ2) is 3.48. The average molecular weight is 187 g/mol. The van der Waals surface area contributed by atoms with Gasteiger partial charge in [0.25, 0.3) is 0 Å². The van der Waals surface area contributed by atoms with E-state index in [1.54, 1.807) is 0 Å². The van der Waals surface area contributed by atoms with Gasteiger partial charge in [-0.05, 0) is 0 Å². The fourth-order valence-electron chi connectivity index (χ4n) is 0.663. The number of rotatable bonds is 2. The van der Waals surface area contributed by atoms with E-state index in [-0.39, 0.29) is 11.8 Å². The number of nitrogens with one attached hydrogen (secondary N) is 1. The fraction of sp³-hybridized carbons (Fsp3) is 0. The molecule has 0 aromatic carbocycles. The van der Waals surface area contributed by atoms with Gasteiger partial charge in [0.2, 0.25) is 11.8 Å². The van der Waals surface area contributed by atoms with Crippen LogP contribution in [0.1, 0.15) is 0 Å². The number of aromatic amines is 1. The molecule has 0 unspecified atom stereocenters. The van der Waals surface area contributed by atoms with Crippen LogP contribution in [0.25, 0.3) is 0 Å². The van der Waals surface area contributed by atoms with E-state index in [9.17, 15) is 9.59 Å². The number of ether oxygens (including phenoxy) is 2. The van der Waals surface area contributed by atoms with Crippen molar-refractivity contribution in [3.8, 4) is 11.8 Å². The molecular weight excluding hydrogens is 182 g/mol. The Balaban J connectivity index is 2.63. The SMILES string of the molecule is O=C(O)Oc1ccc(OC(=O)O)[nH]1. The van der Waals surface area contributed by atoms with E-state index in [2.05, 4.69) is 14.5 Å². The Bertz CT molecular complexity index is 299. The molecule has 1 heterocycles. The second-order valence-corrected chi connectivity index (χ2v) is 1.92. The third-order valence-electron chi connectivity index (χ3n) is 1.03. The quantitative estimate of drug-likeness (QED) is 0.598. The van der Waals surface area contributed by atoms with Gasteiger partial charge in [-0.25, -0.2) is 9.59 Å². The van der Waals surface area contributed by atoms with E-state index < -0.39 is 12.3 Å². The Kier molecular flexibility index (Phi) is 2.38. The molecule has 0 aliphatic carbocycles. The van der Waals surface area contributed by atoms with Gasteiger partial charge in [-0.2, -0.15) is 0 Å². The molecule has 70 valence electrons. The van der Waals surface area contributed by atoms with Gasteiger partial charge in [-0.3, -0.25) is 4.98 Å². The van der Waals surface area contributed by atoms with Crippen LogP contribution in [0.15, 0.2) is 12.1 Å². The van der Waals surface area contributed by atoms with Crippen LogP contribution < -0.4 is 9.47 Å². The maximum atomic E-state index is 10.0. The van der Waals surface area contributed by atoms with Crippen LogP contribution in [0.5, 0.6) is 11.8 Å². The van der Waals surface area contributed by atoms with E-state index in [1.165, 1.54) is 12.1 Å². The third-order valence-corrected chi connectivity index (χ3v) is 1.03. The summed E-state index contributed by atoms with van der Waals surface area (Å²) >= 11 is 0. The minimum Gasteiger partial charge on any atom is -0.449 e. The van der Waals surface area contributed by atoms with Crippen molar-refractivity contribution in [3.05, 3.63) is 12.1 Å². The minimum absolute atomic E-state index is 0.108. The van der Waals surface area contributed by atoms with Gasteiger partial charge in [0.15, 0.2) is 0 Å². The molecule has 13 heavy (non-hydrogen) atoms. The topological polar surface area (TPSA) is 109 Å². The zero-order valence-corrected chi connectivity index (χ0v) is 6.18. The Morgan fingerprint density at radius 1 is 1.08 bits per heavy atom. The number of H-pyrrole nitrogens is 1. The van der Waals surface area contributed by atoms with Gasteiger partial charge in [-0.1, -0.05) is 0 Å². The van der Waals surface area contributed by atoms with E-state index in [1.807, 2.05) is 0 Å². The molecule has 0 saturated carbocycles. The average Bonchev–Trinajstić information content (AvgIpc) is 2.33. The van der Waals surface area contributed by atoms with Crippen LogP contribution in [-0.4, -0.2) is 27.5 Å². The van der Waals surface area contributed by atoms with Crippen LogP contribution in [-0.2, 0) is 0 Å².